The molecule has 0 unspecified atom stereocenters. The number of nitrogens with zero attached hydrogens (tertiary/aromatic N) is 2. The number of nitrogens with one attached hydrogen (secondary N) is 1. The Balaban J connectivity index is 1.16. The lowest BCUT2D eigenvalue weighted by Crippen LogP contribution is -2.46. The molecule has 4 aromatic rings. The minimum Gasteiger partial charge on any atom is -0.507 e. The number of pyridine rings is 1. The van der Waals surface area contributed by atoms with Crippen molar-refractivity contribution in [1.82, 2.24) is 4.98 Å². The number of aromatic hydroxyl groups is 1. The molecule has 0 radical (unpaired) electrons. The lowest BCUT2D eigenvalue weighted by molar-refractivity contribution is -0.122. The minimum atomic E-state index is -1.10. The second kappa shape index (κ2) is 14.7. The van der Waals surface area contributed by atoms with E-state index in [-0.39, 0.29) is 29.8 Å². The average molecular weight is 734 g/mol. The van der Waals surface area contributed by atoms with Crippen LogP contribution >= 0.6 is 15.9 Å². The molecule has 3 aromatic carbocycles. The predicted octanol–water partition coefficient (Wildman–Crippen LogP) is 7.26. The molecule has 0 bridgehead atoms. The van der Waals surface area contributed by atoms with Gasteiger partial charge in [-0.3, -0.25) is 19.5 Å². The normalized spacial score (nSPS) is 22.1. The van der Waals surface area contributed by atoms with Crippen molar-refractivity contribution in [2.45, 2.75) is 31.7 Å². The largest absolute Gasteiger partial charge is 0.507 e. The van der Waals surface area contributed by atoms with Gasteiger partial charge in [0.2, 0.25) is 11.8 Å². The number of fused-ring (bicyclic) bond motifs is 3. The van der Waals surface area contributed by atoms with E-state index < -0.39 is 25.1 Å². The molecule has 4 atom stereocenters. The number of rotatable bonds is 10. The van der Waals surface area contributed by atoms with Crippen LogP contribution in [0.3, 0.4) is 0 Å². The summed E-state index contributed by atoms with van der Waals surface area (Å²) in [6.07, 6.45) is 4.70. The topological polar surface area (TPSA) is 121 Å². The van der Waals surface area contributed by atoms with Gasteiger partial charge in [0.15, 0.2) is 0 Å². The summed E-state index contributed by atoms with van der Waals surface area (Å²) in [5, 5.41) is 25.0. The van der Waals surface area contributed by atoms with Crippen LogP contribution in [0.2, 0.25) is 6.32 Å². The summed E-state index contributed by atoms with van der Waals surface area (Å²) >= 11 is 3.50. The van der Waals surface area contributed by atoms with Gasteiger partial charge in [0.25, 0.3) is 0 Å². The molecule has 2 amide bonds. The Morgan fingerprint density at radius 1 is 1.02 bits per heavy atom. The van der Waals surface area contributed by atoms with Crippen molar-refractivity contribution < 1.29 is 29.1 Å². The van der Waals surface area contributed by atoms with E-state index in [2.05, 4.69) is 26.2 Å². The summed E-state index contributed by atoms with van der Waals surface area (Å²) in [7, 11) is 0.515. The lowest BCUT2D eigenvalue weighted by atomic mass is 9.58. The fourth-order valence-corrected chi connectivity index (χ4v) is 8.03. The summed E-state index contributed by atoms with van der Waals surface area (Å²) in [5.74, 6) is -1.91. The van der Waals surface area contributed by atoms with E-state index in [1.54, 1.807) is 37.6 Å². The average Bonchev–Trinajstić information content (AvgIpc) is 3.37. The lowest BCUT2D eigenvalue weighted by Gasteiger charge is -2.43. The first kappa shape index (κ1) is 33.9. The zero-order chi connectivity index (χ0) is 34.8. The molecule has 0 saturated carbocycles. The van der Waals surface area contributed by atoms with Gasteiger partial charge in [-0.15, -0.1) is 0 Å². The number of carbonyl (C=O) groups excluding carboxylic acids is 2. The Kier molecular flexibility index (Phi) is 10.0. The number of imide groups is 1. The van der Waals surface area contributed by atoms with E-state index >= 15 is 0 Å². The van der Waals surface area contributed by atoms with Gasteiger partial charge in [0.1, 0.15) is 5.75 Å². The fraction of sp³-hybridized carbons (Fsp3) is 0.256. The van der Waals surface area contributed by atoms with Gasteiger partial charge < -0.3 is 24.8 Å². The van der Waals surface area contributed by atoms with Crippen molar-refractivity contribution in [3.05, 3.63) is 124 Å². The number of phenols is 1. The number of ether oxygens (including phenoxy) is 1. The van der Waals surface area contributed by atoms with Gasteiger partial charge >= 0.3 is 7.12 Å². The van der Waals surface area contributed by atoms with Crippen LogP contribution in [-0.2, 0) is 19.0 Å². The second-order valence-corrected chi connectivity index (χ2v) is 13.8. The molecule has 2 saturated heterocycles. The third-order valence-electron chi connectivity index (χ3n) is 9.80. The van der Waals surface area contributed by atoms with Crippen LogP contribution in [0.1, 0.15) is 30.5 Å². The van der Waals surface area contributed by atoms with Crippen molar-refractivity contribution in [3.8, 4) is 5.75 Å². The van der Waals surface area contributed by atoms with Crippen LogP contribution in [0.5, 0.6) is 5.75 Å². The number of aromatic nitrogens is 1. The van der Waals surface area contributed by atoms with E-state index in [1.807, 2.05) is 72.8 Å². The summed E-state index contributed by atoms with van der Waals surface area (Å²) in [6, 6.07) is 28.0. The number of anilines is 3. The number of benzene rings is 3. The number of para-hydroxylation sites is 1. The van der Waals surface area contributed by atoms with Crippen molar-refractivity contribution >= 4 is 63.6 Å². The third kappa shape index (κ3) is 6.91. The summed E-state index contributed by atoms with van der Waals surface area (Å²) in [5.41, 5.74) is 6.45. The Bertz CT molecular complexity index is 1940. The Morgan fingerprint density at radius 3 is 2.52 bits per heavy atom. The van der Waals surface area contributed by atoms with E-state index in [0.717, 1.165) is 38.3 Å². The summed E-state index contributed by atoms with van der Waals surface area (Å²) < 4.78 is 12.7. The maximum atomic E-state index is 14.2. The summed E-state index contributed by atoms with van der Waals surface area (Å²) in [6.45, 7) is 0.293. The van der Waals surface area contributed by atoms with Crippen LogP contribution in [-0.4, -0.2) is 53.9 Å². The third-order valence-corrected chi connectivity index (χ3v) is 10.3. The van der Waals surface area contributed by atoms with Crippen LogP contribution in [0, 0.1) is 17.8 Å². The quantitative estimate of drug-likeness (QED) is 0.0885. The Labute approximate surface area is 299 Å². The highest BCUT2D eigenvalue weighted by Crippen LogP contribution is 2.51. The van der Waals surface area contributed by atoms with Crippen LogP contribution in [0.15, 0.2) is 113 Å². The number of hydrogen-bond acceptors (Lipinski definition) is 8. The maximum absolute atomic E-state index is 14.2. The number of hydrogen-bond donors (Lipinski definition) is 3. The highest BCUT2D eigenvalue weighted by atomic mass is 79.9. The zero-order valence-corrected chi connectivity index (χ0v) is 29.1. The zero-order valence-electron chi connectivity index (χ0n) is 27.5. The predicted molar refractivity (Wildman–Crippen MR) is 197 cm³/mol. The van der Waals surface area contributed by atoms with Gasteiger partial charge in [0, 0.05) is 34.7 Å². The highest BCUT2D eigenvalue weighted by molar-refractivity contribution is 9.10. The first-order chi connectivity index (χ1) is 24.3. The molecule has 2 aliphatic heterocycles. The van der Waals surface area contributed by atoms with E-state index in [1.165, 1.54) is 4.90 Å². The van der Waals surface area contributed by atoms with Gasteiger partial charge in [0.05, 0.1) is 35.9 Å². The molecule has 254 valence electrons. The fourth-order valence-electron chi connectivity index (χ4n) is 7.65. The number of carbonyl (C=O) groups is 2. The number of amides is 2. The molecule has 3 heterocycles. The van der Waals surface area contributed by atoms with Gasteiger partial charge in [-0.05, 0) is 121 Å². The molecule has 11 heteroatoms. The molecule has 1 aromatic heterocycles. The molecule has 3 aliphatic rings. The first-order valence-electron chi connectivity index (χ1n) is 16.8. The number of halogens is 1. The Morgan fingerprint density at radius 2 is 1.78 bits per heavy atom. The van der Waals surface area contributed by atoms with Gasteiger partial charge in [-0.1, -0.05) is 40.2 Å². The second-order valence-electron chi connectivity index (χ2n) is 12.9. The number of allylic oxidation sites excluding steroid dienone is 1. The standard InChI is InChI=1S/C39H37BBrN3O6/c1-49-23-26-21-31-37(39(47)44(38(31)46)30-14-12-29(13-15-30)43-28-7-3-2-4-8-28)32-22-40(48)50-35(36(26)32)17-10-24(33-9-5-6-18-42-33)19-25-20-27(41)11-16-34(25)45/h2-9,11-16,18-20,31-32,35,37,43,45,48H,10,17,21-23H2,1H3/b24-19-/t31-,32+,35-,37-/m1/s1. The summed E-state index contributed by atoms with van der Waals surface area (Å²) in [4.78, 5) is 34.1. The smallest absolute Gasteiger partial charge is 0.455 e. The molecule has 3 N–H and O–H groups in total. The molecule has 2 fully saturated rings. The van der Waals surface area contributed by atoms with Crippen molar-refractivity contribution in [1.29, 1.82) is 0 Å². The maximum Gasteiger partial charge on any atom is 0.455 e. The molecule has 0 spiro atoms. The molecular formula is C39H37BBrN3O6. The monoisotopic (exact) mass is 733 g/mol. The van der Waals surface area contributed by atoms with Gasteiger partial charge in [-0.2, -0.15) is 0 Å². The van der Waals surface area contributed by atoms with Crippen molar-refractivity contribution in [2.75, 3.05) is 23.9 Å². The SMILES string of the molecule is COCC1=C2[C@@H](CC/C(=C/c3cc(Br)ccc3O)c3ccccn3)OB(O)C[C@@H]2[C@@H]2C(=O)N(c3ccc(Nc4ccccc4)cc3)C(=O)[C@@H]2C1. The van der Waals surface area contributed by atoms with E-state index in [0.29, 0.717) is 37.1 Å². The first-order valence-corrected chi connectivity index (χ1v) is 17.5. The van der Waals surface area contributed by atoms with Crippen LogP contribution < -0.4 is 10.2 Å². The Hall–Kier alpha value is -4.55. The van der Waals surface area contributed by atoms with Crippen molar-refractivity contribution in [3.63, 3.8) is 0 Å². The number of phenolic OH excluding ortho intramolecular Hbond substituents is 1. The highest BCUT2D eigenvalue weighted by Gasteiger charge is 2.57. The van der Waals surface area contributed by atoms with E-state index in [9.17, 15) is 19.7 Å². The van der Waals surface area contributed by atoms with E-state index in [4.69, 9.17) is 9.39 Å². The number of methoxy groups -OCH3 is 1. The van der Waals surface area contributed by atoms with Crippen LogP contribution in [0.25, 0.3) is 11.6 Å². The minimum absolute atomic E-state index is 0.144. The molecule has 1 aliphatic carbocycles. The molecular weight excluding hydrogens is 697 g/mol. The molecule has 50 heavy (non-hydrogen) atoms. The van der Waals surface area contributed by atoms with Crippen molar-refractivity contribution in [2.24, 2.45) is 17.8 Å². The molecule has 7 rings (SSSR count). The van der Waals surface area contributed by atoms with Gasteiger partial charge in [-0.25, -0.2) is 0 Å². The molecule has 9 nitrogen and oxygen atoms in total. The van der Waals surface area contributed by atoms with Crippen LogP contribution in [0.4, 0.5) is 17.1 Å².